The van der Waals surface area contributed by atoms with Gasteiger partial charge in [-0.3, -0.25) is 4.79 Å². The van der Waals surface area contributed by atoms with E-state index in [2.05, 4.69) is 26.2 Å². The van der Waals surface area contributed by atoms with Gasteiger partial charge in [0.25, 0.3) is 5.91 Å². The third kappa shape index (κ3) is 2.73. The molecule has 0 aliphatic carbocycles. The monoisotopic (exact) mass is 382 g/mol. The van der Waals surface area contributed by atoms with E-state index in [0.29, 0.717) is 18.7 Å². The minimum absolute atomic E-state index is 0.0502. The molecule has 1 fully saturated rings. The second-order valence-electron chi connectivity index (χ2n) is 5.81. The van der Waals surface area contributed by atoms with Crippen LogP contribution >= 0.6 is 15.9 Å². The molecule has 4 rings (SSSR count). The number of nitrogens with zero attached hydrogens (tertiary/aromatic N) is 4. The van der Waals surface area contributed by atoms with E-state index in [4.69, 9.17) is 0 Å². The highest BCUT2D eigenvalue weighted by Crippen LogP contribution is 2.28. The molecule has 6 heteroatoms. The Bertz CT molecular complexity index is 871. The predicted molar refractivity (Wildman–Crippen MR) is 94.1 cm³/mol. The van der Waals surface area contributed by atoms with E-state index in [1.165, 1.54) is 0 Å². The first-order valence-electron chi connectivity index (χ1n) is 7.74. The fraction of sp³-hybridized carbons (Fsp3) is 0.167. The van der Waals surface area contributed by atoms with Crippen LogP contribution in [0.5, 0.6) is 0 Å². The van der Waals surface area contributed by atoms with Gasteiger partial charge in [0.1, 0.15) is 0 Å². The van der Waals surface area contributed by atoms with Crippen LogP contribution < -0.4 is 0 Å². The number of rotatable bonds is 3. The molecule has 0 radical (unpaired) electrons. The fourth-order valence-electron chi connectivity index (χ4n) is 2.81. The molecule has 0 unspecified atom stereocenters. The summed E-state index contributed by atoms with van der Waals surface area (Å²) >= 11 is 3.43. The molecule has 1 aromatic heterocycles. The quantitative estimate of drug-likeness (QED) is 0.698. The lowest BCUT2D eigenvalue weighted by atomic mass is 9.96. The summed E-state index contributed by atoms with van der Waals surface area (Å²) in [7, 11) is 0. The molecule has 1 aliphatic heterocycles. The van der Waals surface area contributed by atoms with Crippen LogP contribution in [0.25, 0.3) is 5.69 Å². The van der Waals surface area contributed by atoms with Gasteiger partial charge in [-0.05, 0) is 40.2 Å². The molecular formula is C18H15BrN4O. The standard InChI is InChI=1S/C18H15BrN4O/c19-16-9-5-4-8-15(16)18(24)22-10-13(11-22)17-12-23(21-20-17)14-6-2-1-3-7-14/h1-9,12-13H,10-11H2. The summed E-state index contributed by atoms with van der Waals surface area (Å²) in [5.41, 5.74) is 2.61. The molecular weight excluding hydrogens is 368 g/mol. The van der Waals surface area contributed by atoms with Crippen molar-refractivity contribution in [3.63, 3.8) is 0 Å². The summed E-state index contributed by atoms with van der Waals surface area (Å²) in [5, 5.41) is 8.45. The van der Waals surface area contributed by atoms with Crippen LogP contribution in [0.3, 0.4) is 0 Å². The van der Waals surface area contributed by atoms with Crippen molar-refractivity contribution in [2.75, 3.05) is 13.1 Å². The second kappa shape index (κ2) is 6.20. The molecule has 0 saturated carbocycles. The largest absolute Gasteiger partial charge is 0.337 e. The zero-order valence-corrected chi connectivity index (χ0v) is 14.4. The Kier molecular flexibility index (Phi) is 3.90. The van der Waals surface area contributed by atoms with Crippen LogP contribution in [-0.4, -0.2) is 38.9 Å². The van der Waals surface area contributed by atoms with E-state index in [9.17, 15) is 4.79 Å². The number of aromatic nitrogens is 3. The predicted octanol–water partition coefficient (Wildman–Crippen LogP) is 3.27. The maximum atomic E-state index is 12.5. The molecule has 1 saturated heterocycles. The first-order chi connectivity index (χ1) is 11.7. The summed E-state index contributed by atoms with van der Waals surface area (Å²) in [5.74, 6) is 0.295. The Morgan fingerprint density at radius 3 is 2.50 bits per heavy atom. The number of hydrogen-bond acceptors (Lipinski definition) is 3. The number of carbonyl (C=O) groups is 1. The van der Waals surface area contributed by atoms with Crippen LogP contribution in [0.1, 0.15) is 22.0 Å². The van der Waals surface area contributed by atoms with Gasteiger partial charge in [0.2, 0.25) is 0 Å². The lowest BCUT2D eigenvalue weighted by molar-refractivity contribution is 0.0597. The summed E-state index contributed by atoms with van der Waals surface area (Å²) in [6.45, 7) is 1.35. The van der Waals surface area contributed by atoms with Crippen molar-refractivity contribution < 1.29 is 4.79 Å². The molecule has 2 heterocycles. The molecule has 0 N–H and O–H groups in total. The normalized spacial score (nSPS) is 14.5. The average Bonchev–Trinajstić information content (AvgIpc) is 3.04. The first-order valence-corrected chi connectivity index (χ1v) is 8.53. The van der Waals surface area contributed by atoms with Crippen molar-refractivity contribution >= 4 is 21.8 Å². The van der Waals surface area contributed by atoms with Crippen LogP contribution in [0.2, 0.25) is 0 Å². The van der Waals surface area contributed by atoms with E-state index in [-0.39, 0.29) is 11.8 Å². The Labute approximate surface area is 148 Å². The average molecular weight is 383 g/mol. The Morgan fingerprint density at radius 2 is 1.75 bits per heavy atom. The van der Waals surface area contributed by atoms with Gasteiger partial charge in [0.05, 0.1) is 23.1 Å². The number of para-hydroxylation sites is 1. The smallest absolute Gasteiger partial charge is 0.255 e. The zero-order valence-electron chi connectivity index (χ0n) is 12.8. The second-order valence-corrected chi connectivity index (χ2v) is 6.66. The lowest BCUT2D eigenvalue weighted by Gasteiger charge is -2.38. The number of likely N-dealkylation sites (tertiary alicyclic amines) is 1. The van der Waals surface area contributed by atoms with Crippen molar-refractivity contribution in [1.82, 2.24) is 19.9 Å². The van der Waals surface area contributed by atoms with Crippen molar-refractivity contribution in [2.45, 2.75) is 5.92 Å². The molecule has 2 aromatic carbocycles. The van der Waals surface area contributed by atoms with Gasteiger partial charge >= 0.3 is 0 Å². The van der Waals surface area contributed by atoms with Gasteiger partial charge in [-0.2, -0.15) is 0 Å². The van der Waals surface area contributed by atoms with Gasteiger partial charge in [-0.25, -0.2) is 4.68 Å². The number of amides is 1. The number of halogens is 1. The third-order valence-corrected chi connectivity index (χ3v) is 4.91. The van der Waals surface area contributed by atoms with E-state index in [1.807, 2.05) is 65.7 Å². The van der Waals surface area contributed by atoms with E-state index < -0.39 is 0 Å². The summed E-state index contributed by atoms with van der Waals surface area (Å²) in [4.78, 5) is 14.3. The van der Waals surface area contributed by atoms with Gasteiger partial charge in [-0.1, -0.05) is 35.5 Å². The molecule has 5 nitrogen and oxygen atoms in total. The van der Waals surface area contributed by atoms with Gasteiger partial charge < -0.3 is 4.90 Å². The Morgan fingerprint density at radius 1 is 1.04 bits per heavy atom. The van der Waals surface area contributed by atoms with Crippen molar-refractivity contribution in [2.24, 2.45) is 0 Å². The maximum Gasteiger partial charge on any atom is 0.255 e. The summed E-state index contributed by atoms with van der Waals surface area (Å²) < 4.78 is 2.60. The SMILES string of the molecule is O=C(c1ccccc1Br)N1CC(c2cn(-c3ccccc3)nn2)C1. The van der Waals surface area contributed by atoms with Crippen LogP contribution in [0.15, 0.2) is 65.3 Å². The van der Waals surface area contributed by atoms with Gasteiger partial charge in [0.15, 0.2) is 0 Å². The molecule has 0 spiro atoms. The van der Waals surface area contributed by atoms with Crippen LogP contribution in [0.4, 0.5) is 0 Å². The Hall–Kier alpha value is -2.47. The number of carbonyl (C=O) groups excluding carboxylic acids is 1. The van der Waals surface area contributed by atoms with Crippen molar-refractivity contribution in [3.8, 4) is 5.69 Å². The topological polar surface area (TPSA) is 51.0 Å². The van der Waals surface area contributed by atoms with Crippen LogP contribution in [0, 0.1) is 0 Å². The third-order valence-electron chi connectivity index (χ3n) is 4.22. The fourth-order valence-corrected chi connectivity index (χ4v) is 3.26. The van der Waals surface area contributed by atoms with E-state index >= 15 is 0 Å². The van der Waals surface area contributed by atoms with Gasteiger partial charge in [-0.15, -0.1) is 5.10 Å². The highest BCUT2D eigenvalue weighted by molar-refractivity contribution is 9.10. The highest BCUT2D eigenvalue weighted by Gasteiger charge is 2.34. The minimum Gasteiger partial charge on any atom is -0.337 e. The molecule has 120 valence electrons. The minimum atomic E-state index is 0.0502. The molecule has 3 aromatic rings. The number of benzene rings is 2. The van der Waals surface area contributed by atoms with E-state index in [0.717, 1.165) is 15.9 Å². The highest BCUT2D eigenvalue weighted by atomic mass is 79.9. The maximum absolute atomic E-state index is 12.5. The van der Waals surface area contributed by atoms with Crippen LogP contribution in [-0.2, 0) is 0 Å². The summed E-state index contributed by atoms with van der Waals surface area (Å²) in [6, 6.07) is 17.4. The zero-order chi connectivity index (χ0) is 16.5. The summed E-state index contributed by atoms with van der Waals surface area (Å²) in [6.07, 6.45) is 1.94. The molecule has 1 aliphatic rings. The first kappa shape index (κ1) is 15.1. The Balaban J connectivity index is 1.44. The molecule has 0 bridgehead atoms. The van der Waals surface area contributed by atoms with Gasteiger partial charge in [0, 0.05) is 23.5 Å². The molecule has 24 heavy (non-hydrogen) atoms. The number of hydrogen-bond donors (Lipinski definition) is 0. The molecule has 1 amide bonds. The van der Waals surface area contributed by atoms with Crippen molar-refractivity contribution in [3.05, 3.63) is 76.5 Å². The lowest BCUT2D eigenvalue weighted by Crippen LogP contribution is -2.48. The van der Waals surface area contributed by atoms with Crippen molar-refractivity contribution in [1.29, 1.82) is 0 Å². The van der Waals surface area contributed by atoms with E-state index in [1.54, 1.807) is 4.68 Å². The molecule has 0 atom stereocenters.